The third kappa shape index (κ3) is 5.10. The van der Waals surface area contributed by atoms with Crippen molar-refractivity contribution >= 4 is 8.07 Å². The van der Waals surface area contributed by atoms with Gasteiger partial charge in [0.25, 0.3) is 0 Å². The number of nitrogens with zero attached hydrogens (tertiary/aromatic N) is 3. The molecule has 8 rings (SSSR count). The summed E-state index contributed by atoms with van der Waals surface area (Å²) in [5.41, 5.74) is 13.4. The molecule has 6 aromatic carbocycles. The molecule has 0 amide bonds. The lowest BCUT2D eigenvalue weighted by molar-refractivity contribution is 0.800. The Morgan fingerprint density at radius 1 is 0.375 bits per heavy atom. The van der Waals surface area contributed by atoms with Gasteiger partial charge in [0.05, 0.1) is 8.07 Å². The minimum absolute atomic E-state index is 0.0422. The van der Waals surface area contributed by atoms with E-state index in [-0.39, 0.29) is 5.04 Å². The number of hydrogen-bond donors (Lipinski definition) is 0. The van der Waals surface area contributed by atoms with Crippen LogP contribution in [0.1, 0.15) is 18.1 Å². The van der Waals surface area contributed by atoms with Crippen LogP contribution in [0, 0.1) is 0 Å². The van der Waals surface area contributed by atoms with Crippen molar-refractivity contribution in [1.82, 2.24) is 15.0 Å². The molecule has 1 atom stereocenters. The van der Waals surface area contributed by atoms with Crippen molar-refractivity contribution < 1.29 is 0 Å². The normalized spacial score (nSPS) is 15.2. The van der Waals surface area contributed by atoms with Gasteiger partial charge in [-0.1, -0.05) is 160 Å². The molecular weight excluding hydrogens is 599 g/mol. The number of benzene rings is 6. The second kappa shape index (κ2) is 11.7. The third-order valence-electron chi connectivity index (χ3n) is 10.2. The fraction of sp³-hybridized carbons (Fsp3) is 0.114. The topological polar surface area (TPSA) is 38.7 Å². The minimum atomic E-state index is -1.77. The Morgan fingerprint density at radius 3 is 1.23 bits per heavy atom. The maximum Gasteiger partial charge on any atom is 0.164 e. The average Bonchev–Trinajstić information content (AvgIpc) is 3.40. The van der Waals surface area contributed by atoms with Crippen molar-refractivity contribution in [3.8, 4) is 67.5 Å². The van der Waals surface area contributed by atoms with Gasteiger partial charge in [0.15, 0.2) is 17.5 Å². The number of hydrogen-bond acceptors (Lipinski definition) is 3. The molecule has 0 N–H and O–H groups in total. The van der Waals surface area contributed by atoms with Gasteiger partial charge >= 0.3 is 0 Å². The van der Waals surface area contributed by atoms with Crippen LogP contribution in [0.4, 0.5) is 0 Å². The van der Waals surface area contributed by atoms with Crippen molar-refractivity contribution in [2.45, 2.75) is 31.6 Å². The zero-order valence-corrected chi connectivity index (χ0v) is 28.8. The second-order valence-corrected chi connectivity index (χ2v) is 19.4. The van der Waals surface area contributed by atoms with Gasteiger partial charge in [-0.15, -0.1) is 0 Å². The summed E-state index contributed by atoms with van der Waals surface area (Å²) in [4.78, 5) is 14.9. The molecule has 0 saturated heterocycles. The van der Waals surface area contributed by atoms with Crippen LogP contribution in [0.15, 0.2) is 152 Å². The highest BCUT2D eigenvalue weighted by Crippen LogP contribution is 2.54. The molecule has 4 heteroatoms. The molecule has 1 heterocycles. The van der Waals surface area contributed by atoms with E-state index < -0.39 is 8.07 Å². The van der Waals surface area contributed by atoms with E-state index in [1.54, 1.807) is 0 Å². The van der Waals surface area contributed by atoms with Crippen molar-refractivity contribution in [3.05, 3.63) is 163 Å². The van der Waals surface area contributed by atoms with Crippen molar-refractivity contribution in [1.29, 1.82) is 0 Å². The molecule has 1 aromatic heterocycles. The lowest BCUT2D eigenvalue weighted by Gasteiger charge is -2.39. The summed E-state index contributed by atoms with van der Waals surface area (Å²) in [5.74, 6) is 2.00. The van der Waals surface area contributed by atoms with E-state index in [9.17, 15) is 0 Å². The van der Waals surface area contributed by atoms with Gasteiger partial charge < -0.3 is 0 Å². The van der Waals surface area contributed by atoms with Gasteiger partial charge in [0, 0.05) is 21.7 Å². The minimum Gasteiger partial charge on any atom is -0.208 e. The summed E-state index contributed by atoms with van der Waals surface area (Å²) < 4.78 is 0. The Bertz CT molecular complexity index is 2220. The van der Waals surface area contributed by atoms with Gasteiger partial charge in [0.2, 0.25) is 0 Å². The van der Waals surface area contributed by atoms with Crippen LogP contribution >= 0.6 is 0 Å². The SMILES string of the molecule is CC1([Si](C)(C)C)c2cc(-c3ccccc3)ccc2-c2ccc(-c3cccc(-c4nc(-c5ccccc5)nc(-c5ccccc5)n4)c3)cc21. The summed E-state index contributed by atoms with van der Waals surface area (Å²) in [6.07, 6.45) is 0. The first-order chi connectivity index (χ1) is 23.3. The van der Waals surface area contributed by atoms with Crippen LogP contribution in [0.3, 0.4) is 0 Å². The predicted octanol–water partition coefficient (Wildman–Crippen LogP) is 11.4. The number of rotatable bonds is 6. The molecule has 0 fully saturated rings. The molecule has 48 heavy (non-hydrogen) atoms. The molecule has 1 aliphatic rings. The molecule has 0 bridgehead atoms. The van der Waals surface area contributed by atoms with Crippen LogP contribution in [0.25, 0.3) is 67.5 Å². The fourth-order valence-electron chi connectivity index (χ4n) is 7.10. The van der Waals surface area contributed by atoms with Gasteiger partial charge in [-0.3, -0.25) is 0 Å². The van der Waals surface area contributed by atoms with Gasteiger partial charge in [0.1, 0.15) is 0 Å². The molecule has 3 nitrogen and oxygen atoms in total. The molecule has 0 radical (unpaired) electrons. The van der Waals surface area contributed by atoms with Crippen LogP contribution in [-0.4, -0.2) is 23.0 Å². The van der Waals surface area contributed by atoms with E-state index >= 15 is 0 Å². The van der Waals surface area contributed by atoms with Crippen molar-refractivity contribution in [3.63, 3.8) is 0 Å². The average molecular weight is 636 g/mol. The lowest BCUT2D eigenvalue weighted by atomic mass is 9.92. The molecule has 232 valence electrons. The summed E-state index contributed by atoms with van der Waals surface area (Å²) in [6.45, 7) is 10.00. The summed E-state index contributed by atoms with van der Waals surface area (Å²) in [7, 11) is -1.77. The Hall–Kier alpha value is -5.45. The fourth-order valence-corrected chi connectivity index (χ4v) is 9.13. The third-order valence-corrected chi connectivity index (χ3v) is 13.7. The molecule has 1 unspecified atom stereocenters. The molecule has 0 spiro atoms. The lowest BCUT2D eigenvalue weighted by Crippen LogP contribution is -2.46. The van der Waals surface area contributed by atoms with E-state index in [1.807, 2.05) is 60.7 Å². The quantitative estimate of drug-likeness (QED) is 0.171. The summed E-state index contributed by atoms with van der Waals surface area (Å²) in [6, 6.07) is 53.8. The van der Waals surface area contributed by atoms with Crippen LogP contribution < -0.4 is 0 Å². The Kier molecular flexibility index (Phi) is 7.27. The van der Waals surface area contributed by atoms with Crippen LogP contribution in [0.5, 0.6) is 0 Å². The second-order valence-electron chi connectivity index (χ2n) is 13.9. The first kappa shape index (κ1) is 29.9. The van der Waals surface area contributed by atoms with Crippen LogP contribution in [-0.2, 0) is 5.04 Å². The summed E-state index contributed by atoms with van der Waals surface area (Å²) >= 11 is 0. The van der Waals surface area contributed by atoms with Gasteiger partial charge in [-0.25, -0.2) is 15.0 Å². The zero-order chi connectivity index (χ0) is 32.9. The predicted molar refractivity (Wildman–Crippen MR) is 202 cm³/mol. The van der Waals surface area contributed by atoms with E-state index in [0.29, 0.717) is 17.5 Å². The van der Waals surface area contributed by atoms with Crippen molar-refractivity contribution in [2.75, 3.05) is 0 Å². The Labute approximate surface area is 284 Å². The molecule has 7 aromatic rings. The standard InChI is InChI=1S/C44H37N3Si/c1-44(48(2,3)4)39-28-34(30-15-8-5-9-16-30)23-25-37(39)38-26-24-35(29-40(38)44)33-21-14-22-36(27-33)43-46-41(31-17-10-6-11-18-31)45-42(47-43)32-19-12-7-13-20-32/h5-29H,1-4H3. The van der Waals surface area contributed by atoms with Crippen molar-refractivity contribution in [2.24, 2.45) is 0 Å². The van der Waals surface area contributed by atoms with Gasteiger partial charge in [-0.2, -0.15) is 0 Å². The maximum atomic E-state index is 4.99. The first-order valence-electron chi connectivity index (χ1n) is 16.6. The molecule has 0 saturated carbocycles. The molecule has 0 aliphatic heterocycles. The largest absolute Gasteiger partial charge is 0.208 e. The highest BCUT2D eigenvalue weighted by atomic mass is 28.3. The van der Waals surface area contributed by atoms with Gasteiger partial charge in [-0.05, 0) is 62.7 Å². The zero-order valence-electron chi connectivity index (χ0n) is 27.8. The highest BCUT2D eigenvalue weighted by Gasteiger charge is 2.48. The molecular formula is C44H37N3Si. The van der Waals surface area contributed by atoms with E-state index in [4.69, 9.17) is 15.0 Å². The van der Waals surface area contributed by atoms with E-state index in [2.05, 4.69) is 118 Å². The molecule has 1 aliphatic carbocycles. The first-order valence-corrected chi connectivity index (χ1v) is 20.1. The highest BCUT2D eigenvalue weighted by molar-refractivity contribution is 6.80. The maximum absolute atomic E-state index is 4.99. The Morgan fingerprint density at radius 2 is 0.750 bits per heavy atom. The number of aromatic nitrogens is 3. The van der Waals surface area contributed by atoms with E-state index in [0.717, 1.165) is 22.3 Å². The monoisotopic (exact) mass is 635 g/mol. The summed E-state index contributed by atoms with van der Waals surface area (Å²) in [5, 5.41) is -0.0422. The Balaban J connectivity index is 1.23. The van der Waals surface area contributed by atoms with E-state index in [1.165, 1.54) is 38.9 Å². The number of fused-ring (bicyclic) bond motifs is 3. The van der Waals surface area contributed by atoms with Crippen LogP contribution in [0.2, 0.25) is 19.6 Å². The smallest absolute Gasteiger partial charge is 0.164 e.